The summed E-state index contributed by atoms with van der Waals surface area (Å²) >= 11 is 0. The first-order valence-electron chi connectivity index (χ1n) is 6.88. The van der Waals surface area contributed by atoms with Gasteiger partial charge in [0.1, 0.15) is 11.3 Å². The van der Waals surface area contributed by atoms with Crippen molar-refractivity contribution in [2.24, 2.45) is 0 Å². The number of carboxylic acids is 1. The highest BCUT2D eigenvalue weighted by Gasteiger charge is 2.48. The molecule has 1 N–H and O–H groups in total. The first-order valence-corrected chi connectivity index (χ1v) is 6.88. The Morgan fingerprint density at radius 1 is 1.45 bits per heavy atom. The van der Waals surface area contributed by atoms with E-state index in [2.05, 4.69) is 5.16 Å². The molecule has 6 heteroatoms. The molecule has 1 atom stereocenters. The lowest BCUT2D eigenvalue weighted by molar-refractivity contribution is -0.156. The van der Waals surface area contributed by atoms with Crippen LogP contribution < -0.4 is 0 Å². The van der Waals surface area contributed by atoms with Crippen molar-refractivity contribution in [3.8, 4) is 0 Å². The minimum Gasteiger partial charge on any atom is -0.479 e. The van der Waals surface area contributed by atoms with Crippen molar-refractivity contribution in [3.63, 3.8) is 0 Å². The molecule has 1 aromatic heterocycles. The number of aliphatic carboxylic acids is 1. The van der Waals surface area contributed by atoms with Crippen molar-refractivity contribution in [2.45, 2.75) is 52.0 Å². The number of hydrogen-bond acceptors (Lipinski definition) is 4. The summed E-state index contributed by atoms with van der Waals surface area (Å²) in [6.07, 6.45) is 1.82. The van der Waals surface area contributed by atoms with E-state index < -0.39 is 11.5 Å². The van der Waals surface area contributed by atoms with Gasteiger partial charge in [0.25, 0.3) is 0 Å². The molecule has 1 aromatic rings. The monoisotopic (exact) mass is 280 g/mol. The summed E-state index contributed by atoms with van der Waals surface area (Å²) < 4.78 is 5.05. The van der Waals surface area contributed by atoms with Gasteiger partial charge in [0.15, 0.2) is 0 Å². The van der Waals surface area contributed by atoms with E-state index in [-0.39, 0.29) is 12.3 Å². The molecule has 110 valence electrons. The van der Waals surface area contributed by atoms with E-state index in [9.17, 15) is 14.7 Å². The topological polar surface area (TPSA) is 83.6 Å². The van der Waals surface area contributed by atoms with Crippen LogP contribution in [0.2, 0.25) is 0 Å². The second kappa shape index (κ2) is 5.26. The fraction of sp³-hybridized carbons (Fsp3) is 0.643. The number of likely N-dealkylation sites (tertiary alicyclic amines) is 1. The Balaban J connectivity index is 2.23. The highest BCUT2D eigenvalue weighted by atomic mass is 16.5. The van der Waals surface area contributed by atoms with E-state index >= 15 is 0 Å². The molecule has 2 rings (SSSR count). The van der Waals surface area contributed by atoms with Crippen LogP contribution in [0, 0.1) is 13.8 Å². The van der Waals surface area contributed by atoms with Gasteiger partial charge >= 0.3 is 5.97 Å². The Bertz CT molecular complexity index is 518. The Kier molecular flexibility index (Phi) is 3.83. The first kappa shape index (κ1) is 14.6. The molecular weight excluding hydrogens is 260 g/mol. The van der Waals surface area contributed by atoms with Crippen molar-refractivity contribution in [1.29, 1.82) is 0 Å². The molecule has 20 heavy (non-hydrogen) atoms. The molecule has 1 amide bonds. The Labute approximate surface area is 117 Å². The zero-order chi connectivity index (χ0) is 14.9. The van der Waals surface area contributed by atoms with Crippen molar-refractivity contribution in [3.05, 3.63) is 17.0 Å². The number of hydrogen-bond donors (Lipinski definition) is 1. The summed E-state index contributed by atoms with van der Waals surface area (Å²) in [6.45, 7) is 5.86. The minimum absolute atomic E-state index is 0.149. The maximum absolute atomic E-state index is 12.5. The van der Waals surface area contributed by atoms with Gasteiger partial charge in [0, 0.05) is 12.1 Å². The molecule has 0 aromatic carbocycles. The fourth-order valence-electron chi connectivity index (χ4n) is 2.98. The van der Waals surface area contributed by atoms with Gasteiger partial charge in [0.05, 0.1) is 12.1 Å². The van der Waals surface area contributed by atoms with Crippen LogP contribution in [-0.2, 0) is 16.0 Å². The standard InChI is InChI=1S/C14H20N2O4/c1-4-14(13(18)19)6-5-7-16(14)12(17)8-11-9(2)15-20-10(11)3/h4-8H2,1-3H3,(H,18,19). The molecule has 1 aliphatic rings. The number of aryl methyl sites for hydroxylation is 2. The third-order valence-corrected chi connectivity index (χ3v) is 4.28. The van der Waals surface area contributed by atoms with Gasteiger partial charge in [-0.25, -0.2) is 4.79 Å². The number of rotatable bonds is 4. The lowest BCUT2D eigenvalue weighted by Crippen LogP contribution is -2.53. The predicted octanol–water partition coefficient (Wildman–Crippen LogP) is 1.69. The van der Waals surface area contributed by atoms with Crippen LogP contribution in [0.25, 0.3) is 0 Å². The lowest BCUT2D eigenvalue weighted by atomic mass is 9.92. The molecule has 0 bridgehead atoms. The number of aromatic nitrogens is 1. The van der Waals surface area contributed by atoms with E-state index in [0.29, 0.717) is 30.8 Å². The summed E-state index contributed by atoms with van der Waals surface area (Å²) in [5.41, 5.74) is 0.403. The van der Waals surface area contributed by atoms with Crippen LogP contribution in [0.3, 0.4) is 0 Å². The second-order valence-corrected chi connectivity index (χ2v) is 5.32. The Hall–Kier alpha value is -1.85. The molecule has 0 aliphatic carbocycles. The zero-order valence-corrected chi connectivity index (χ0v) is 12.1. The summed E-state index contributed by atoms with van der Waals surface area (Å²) in [5, 5.41) is 13.3. The summed E-state index contributed by atoms with van der Waals surface area (Å²) in [6, 6.07) is 0. The van der Waals surface area contributed by atoms with E-state index in [0.717, 1.165) is 12.0 Å². The smallest absolute Gasteiger partial charge is 0.329 e. The van der Waals surface area contributed by atoms with Gasteiger partial charge in [-0.2, -0.15) is 0 Å². The van der Waals surface area contributed by atoms with Gasteiger partial charge in [-0.1, -0.05) is 12.1 Å². The van der Waals surface area contributed by atoms with Crippen molar-refractivity contribution in [2.75, 3.05) is 6.54 Å². The van der Waals surface area contributed by atoms with E-state index in [1.807, 2.05) is 6.92 Å². The molecular formula is C14H20N2O4. The normalized spacial score (nSPS) is 22.2. The number of carbonyl (C=O) groups excluding carboxylic acids is 1. The number of carboxylic acid groups (broad SMARTS) is 1. The summed E-state index contributed by atoms with van der Waals surface area (Å²) in [5.74, 6) is -0.460. The minimum atomic E-state index is -1.05. The van der Waals surface area contributed by atoms with Crippen LogP contribution in [0.4, 0.5) is 0 Å². The average molecular weight is 280 g/mol. The van der Waals surface area contributed by atoms with Crippen molar-refractivity contribution in [1.82, 2.24) is 10.1 Å². The van der Waals surface area contributed by atoms with Crippen molar-refractivity contribution < 1.29 is 19.2 Å². The molecule has 0 radical (unpaired) electrons. The number of nitrogens with zero attached hydrogens (tertiary/aromatic N) is 2. The molecule has 1 fully saturated rings. The molecule has 0 spiro atoms. The van der Waals surface area contributed by atoms with Gasteiger partial charge in [-0.05, 0) is 33.1 Å². The van der Waals surface area contributed by atoms with Gasteiger partial charge in [0.2, 0.25) is 5.91 Å². The van der Waals surface area contributed by atoms with Gasteiger partial charge < -0.3 is 14.5 Å². The Morgan fingerprint density at radius 3 is 2.65 bits per heavy atom. The SMILES string of the molecule is CCC1(C(=O)O)CCCN1C(=O)Cc1c(C)noc1C. The average Bonchev–Trinajstić information content (AvgIpc) is 2.97. The molecule has 1 saturated heterocycles. The molecule has 1 aliphatic heterocycles. The number of amides is 1. The lowest BCUT2D eigenvalue weighted by Gasteiger charge is -2.34. The van der Waals surface area contributed by atoms with Crippen LogP contribution in [0.15, 0.2) is 4.52 Å². The third kappa shape index (κ3) is 2.19. The number of carbonyl (C=O) groups is 2. The first-order chi connectivity index (χ1) is 9.42. The highest BCUT2D eigenvalue weighted by molar-refractivity contribution is 5.88. The summed E-state index contributed by atoms with van der Waals surface area (Å²) in [4.78, 5) is 25.6. The molecule has 1 unspecified atom stereocenters. The zero-order valence-electron chi connectivity index (χ0n) is 12.1. The van der Waals surface area contributed by atoms with Gasteiger partial charge in [-0.15, -0.1) is 0 Å². The molecule has 2 heterocycles. The third-order valence-electron chi connectivity index (χ3n) is 4.28. The largest absolute Gasteiger partial charge is 0.479 e. The summed E-state index contributed by atoms with van der Waals surface area (Å²) in [7, 11) is 0. The quantitative estimate of drug-likeness (QED) is 0.907. The van der Waals surface area contributed by atoms with Crippen LogP contribution in [-0.4, -0.2) is 39.1 Å². The highest BCUT2D eigenvalue weighted by Crippen LogP contribution is 2.33. The Morgan fingerprint density at radius 2 is 2.15 bits per heavy atom. The molecule has 6 nitrogen and oxygen atoms in total. The van der Waals surface area contributed by atoms with E-state index in [1.165, 1.54) is 4.90 Å². The van der Waals surface area contributed by atoms with Gasteiger partial charge in [-0.3, -0.25) is 4.79 Å². The fourth-order valence-corrected chi connectivity index (χ4v) is 2.98. The maximum atomic E-state index is 12.5. The van der Waals surface area contributed by atoms with Crippen LogP contribution >= 0.6 is 0 Å². The van der Waals surface area contributed by atoms with Crippen LogP contribution in [0.5, 0.6) is 0 Å². The van der Waals surface area contributed by atoms with Crippen molar-refractivity contribution >= 4 is 11.9 Å². The second-order valence-electron chi connectivity index (χ2n) is 5.32. The van der Waals surface area contributed by atoms with E-state index in [4.69, 9.17) is 4.52 Å². The van der Waals surface area contributed by atoms with Crippen LogP contribution in [0.1, 0.15) is 43.2 Å². The maximum Gasteiger partial charge on any atom is 0.329 e. The molecule has 0 saturated carbocycles. The predicted molar refractivity (Wildman–Crippen MR) is 71.3 cm³/mol. The van der Waals surface area contributed by atoms with E-state index in [1.54, 1.807) is 13.8 Å².